The third-order valence-electron chi connectivity index (χ3n) is 3.79. The number of benzene rings is 1. The molecule has 0 fully saturated rings. The van der Waals surface area contributed by atoms with Gasteiger partial charge < -0.3 is 0 Å². The van der Waals surface area contributed by atoms with Gasteiger partial charge in [0.25, 0.3) is 0 Å². The van der Waals surface area contributed by atoms with Gasteiger partial charge in [-0.25, -0.2) is 0 Å². The van der Waals surface area contributed by atoms with Crippen molar-refractivity contribution in [2.75, 3.05) is 5.75 Å². The highest BCUT2D eigenvalue weighted by atomic mass is 32.2. The maximum atomic E-state index is 8.80. The summed E-state index contributed by atoms with van der Waals surface area (Å²) in [6.45, 7) is 2.26. The number of nitrogens with zero attached hydrogens (tertiary/aromatic N) is 1. The van der Waals surface area contributed by atoms with Crippen molar-refractivity contribution in [3.8, 4) is 6.07 Å². The van der Waals surface area contributed by atoms with Crippen LogP contribution in [-0.4, -0.2) is 11.0 Å². The highest BCUT2D eigenvalue weighted by molar-refractivity contribution is 7.99. The molecule has 0 aliphatic carbocycles. The van der Waals surface area contributed by atoms with Crippen molar-refractivity contribution in [2.24, 2.45) is 0 Å². The Morgan fingerprint density at radius 3 is 2.52 bits per heavy atom. The van der Waals surface area contributed by atoms with Gasteiger partial charge in [0.15, 0.2) is 0 Å². The highest BCUT2D eigenvalue weighted by Crippen LogP contribution is 2.23. The molecule has 1 rings (SSSR count). The van der Waals surface area contributed by atoms with E-state index in [4.69, 9.17) is 5.26 Å². The van der Waals surface area contributed by atoms with Gasteiger partial charge in [-0.3, -0.25) is 0 Å². The minimum atomic E-state index is 0.676. The van der Waals surface area contributed by atoms with E-state index in [0.29, 0.717) is 11.7 Å². The minimum Gasteiger partial charge on any atom is -0.198 e. The lowest BCUT2D eigenvalue weighted by atomic mass is 10.1. The Bertz CT molecular complexity index is 382. The molecule has 0 aromatic heterocycles. The van der Waals surface area contributed by atoms with Crippen molar-refractivity contribution in [3.63, 3.8) is 0 Å². The number of nitriles is 1. The van der Waals surface area contributed by atoms with E-state index in [0.717, 1.165) is 12.8 Å². The van der Waals surface area contributed by atoms with Crippen molar-refractivity contribution in [2.45, 2.75) is 70.0 Å². The molecule has 0 amide bonds. The van der Waals surface area contributed by atoms with Gasteiger partial charge >= 0.3 is 0 Å². The second kappa shape index (κ2) is 12.8. The average Bonchev–Trinajstić information content (AvgIpc) is 2.52. The summed E-state index contributed by atoms with van der Waals surface area (Å²) < 4.78 is 0. The fourth-order valence-corrected chi connectivity index (χ4v) is 3.80. The number of rotatable bonds is 12. The van der Waals surface area contributed by atoms with Crippen LogP contribution < -0.4 is 0 Å². The first kappa shape index (κ1) is 18.1. The second-order valence-electron chi connectivity index (χ2n) is 5.63. The molecule has 1 aromatic rings. The Balaban J connectivity index is 2.20. The molecule has 1 unspecified atom stereocenters. The highest BCUT2D eigenvalue weighted by Gasteiger charge is 2.09. The van der Waals surface area contributed by atoms with Crippen LogP contribution in [0.3, 0.4) is 0 Å². The van der Waals surface area contributed by atoms with Crippen molar-refractivity contribution in [3.05, 3.63) is 35.9 Å². The summed E-state index contributed by atoms with van der Waals surface area (Å²) in [6, 6.07) is 13.0. The summed E-state index contributed by atoms with van der Waals surface area (Å²) in [5, 5.41) is 9.48. The number of hydrogen-bond donors (Lipinski definition) is 0. The molecule has 0 radical (unpaired) electrons. The van der Waals surface area contributed by atoms with Gasteiger partial charge in [0.05, 0.1) is 6.07 Å². The van der Waals surface area contributed by atoms with Gasteiger partial charge in [0.2, 0.25) is 0 Å². The van der Waals surface area contributed by atoms with Crippen LogP contribution in [0.15, 0.2) is 30.3 Å². The minimum absolute atomic E-state index is 0.676. The maximum absolute atomic E-state index is 8.80. The quantitative estimate of drug-likeness (QED) is 0.442. The molecule has 0 heterocycles. The first-order valence-electron chi connectivity index (χ1n) is 8.39. The number of thioether (sulfide) groups is 1. The van der Waals surface area contributed by atoms with Gasteiger partial charge in [-0.05, 0) is 30.6 Å². The molecule has 0 N–H and O–H groups in total. The van der Waals surface area contributed by atoms with Crippen molar-refractivity contribution in [1.29, 1.82) is 5.26 Å². The topological polar surface area (TPSA) is 23.8 Å². The summed E-state index contributed by atoms with van der Waals surface area (Å²) in [6.07, 6.45) is 10.9. The molecule has 0 aliphatic rings. The van der Waals surface area contributed by atoms with Crippen LogP contribution in [0.5, 0.6) is 0 Å². The first-order chi connectivity index (χ1) is 10.4. The first-order valence-corrected chi connectivity index (χ1v) is 9.44. The Labute approximate surface area is 135 Å². The lowest BCUT2D eigenvalue weighted by Crippen LogP contribution is -2.05. The number of hydrogen-bond acceptors (Lipinski definition) is 2. The lowest BCUT2D eigenvalue weighted by Gasteiger charge is -2.15. The summed E-state index contributed by atoms with van der Waals surface area (Å²) in [5.74, 6) is 1.18. The lowest BCUT2D eigenvalue weighted by molar-refractivity contribution is 0.586. The summed E-state index contributed by atoms with van der Waals surface area (Å²) in [7, 11) is 0. The second-order valence-corrected chi connectivity index (χ2v) is 7.04. The molecule has 0 saturated carbocycles. The van der Waals surface area contributed by atoms with Gasteiger partial charge in [-0.15, -0.1) is 0 Å². The van der Waals surface area contributed by atoms with Crippen LogP contribution in [0.4, 0.5) is 0 Å². The summed E-state index contributed by atoms with van der Waals surface area (Å²) >= 11 is 2.07. The van der Waals surface area contributed by atoms with Crippen LogP contribution in [-0.2, 0) is 6.42 Å². The zero-order valence-electron chi connectivity index (χ0n) is 13.4. The van der Waals surface area contributed by atoms with Gasteiger partial charge in [-0.2, -0.15) is 17.0 Å². The van der Waals surface area contributed by atoms with Crippen LogP contribution in [0.1, 0.15) is 63.9 Å². The average molecular weight is 304 g/mol. The standard InChI is InChI=1S/C19H29NS/c1-2-3-4-5-9-13-19(14-10-16-20)21-17-15-18-11-7-6-8-12-18/h6-8,11-12,19H,2-5,9-10,13-15,17H2,1H3. The van der Waals surface area contributed by atoms with E-state index >= 15 is 0 Å². The van der Waals surface area contributed by atoms with Crippen molar-refractivity contribution < 1.29 is 0 Å². The monoisotopic (exact) mass is 303 g/mol. The molecule has 1 atom stereocenters. The fraction of sp³-hybridized carbons (Fsp3) is 0.632. The molecule has 0 bridgehead atoms. The Morgan fingerprint density at radius 1 is 1.05 bits per heavy atom. The predicted octanol–water partition coefficient (Wildman–Crippen LogP) is 6.00. The summed E-state index contributed by atoms with van der Waals surface area (Å²) in [5.41, 5.74) is 1.42. The van der Waals surface area contributed by atoms with E-state index in [1.165, 1.54) is 49.8 Å². The van der Waals surface area contributed by atoms with E-state index in [-0.39, 0.29) is 0 Å². The van der Waals surface area contributed by atoms with E-state index in [1.54, 1.807) is 0 Å². The predicted molar refractivity (Wildman–Crippen MR) is 94.6 cm³/mol. The Kier molecular flexibility index (Phi) is 11.0. The Hall–Kier alpha value is -0.940. The van der Waals surface area contributed by atoms with Gasteiger partial charge in [-0.1, -0.05) is 69.4 Å². The molecule has 0 aliphatic heterocycles. The third kappa shape index (κ3) is 9.58. The Morgan fingerprint density at radius 2 is 1.81 bits per heavy atom. The van der Waals surface area contributed by atoms with Crippen LogP contribution >= 0.6 is 11.8 Å². The van der Waals surface area contributed by atoms with E-state index in [1.807, 2.05) is 0 Å². The molecule has 116 valence electrons. The van der Waals surface area contributed by atoms with Crippen LogP contribution in [0, 0.1) is 11.3 Å². The molecular formula is C19H29NS. The third-order valence-corrected chi connectivity index (χ3v) is 5.18. The van der Waals surface area contributed by atoms with Crippen LogP contribution in [0.2, 0.25) is 0 Å². The molecule has 1 aromatic carbocycles. The van der Waals surface area contributed by atoms with E-state index < -0.39 is 0 Å². The van der Waals surface area contributed by atoms with Gasteiger partial charge in [0.1, 0.15) is 0 Å². The molecule has 1 nitrogen and oxygen atoms in total. The zero-order valence-corrected chi connectivity index (χ0v) is 14.2. The maximum Gasteiger partial charge on any atom is 0.0622 e. The van der Waals surface area contributed by atoms with Crippen molar-refractivity contribution >= 4 is 11.8 Å². The molecule has 0 spiro atoms. The van der Waals surface area contributed by atoms with Crippen LogP contribution in [0.25, 0.3) is 0 Å². The zero-order chi connectivity index (χ0) is 15.2. The SMILES string of the molecule is CCCCCCCC(CCC#N)SCCc1ccccc1. The normalized spacial score (nSPS) is 12.0. The number of aryl methyl sites for hydroxylation is 1. The summed E-state index contributed by atoms with van der Waals surface area (Å²) in [4.78, 5) is 0. The van der Waals surface area contributed by atoms with Gasteiger partial charge in [0, 0.05) is 11.7 Å². The molecule has 21 heavy (non-hydrogen) atoms. The van der Waals surface area contributed by atoms with Crippen molar-refractivity contribution in [1.82, 2.24) is 0 Å². The molecular weight excluding hydrogens is 274 g/mol. The number of unbranched alkanes of at least 4 members (excludes halogenated alkanes) is 4. The largest absolute Gasteiger partial charge is 0.198 e. The fourth-order valence-electron chi connectivity index (χ4n) is 2.50. The molecule has 0 saturated heterocycles. The van der Waals surface area contributed by atoms with E-state index in [9.17, 15) is 0 Å². The smallest absolute Gasteiger partial charge is 0.0622 e. The van der Waals surface area contributed by atoms with E-state index in [2.05, 4.69) is 55.1 Å². The molecule has 2 heteroatoms.